The summed E-state index contributed by atoms with van der Waals surface area (Å²) < 4.78 is 23.0. The molecule has 0 bridgehead atoms. The van der Waals surface area contributed by atoms with Crippen molar-refractivity contribution >= 4 is 18.0 Å². The Labute approximate surface area is 129 Å². The van der Waals surface area contributed by atoms with E-state index in [1.54, 1.807) is 6.07 Å². The molecule has 120 valence electrons. The highest BCUT2D eigenvalue weighted by Crippen LogP contribution is 2.18. The Morgan fingerprint density at radius 1 is 1.41 bits per heavy atom. The molecule has 0 spiro atoms. The van der Waals surface area contributed by atoms with E-state index in [0.29, 0.717) is 5.56 Å². The number of hydrogen-bond acceptors (Lipinski definition) is 4. The fourth-order valence-corrected chi connectivity index (χ4v) is 1.55. The second-order valence-corrected chi connectivity index (χ2v) is 4.71. The molecule has 0 aliphatic heterocycles. The minimum Gasteiger partial charge on any atom is -0.494 e. The Hall–Kier alpha value is -2.37. The quantitative estimate of drug-likeness (QED) is 0.620. The number of esters is 1. The van der Waals surface area contributed by atoms with Gasteiger partial charge < -0.3 is 14.8 Å². The number of benzene rings is 1. The van der Waals surface area contributed by atoms with Crippen molar-refractivity contribution in [1.82, 2.24) is 5.32 Å². The molecule has 6 heteroatoms. The van der Waals surface area contributed by atoms with E-state index in [0.717, 1.165) is 12.5 Å². The first-order valence-corrected chi connectivity index (χ1v) is 6.94. The molecule has 1 atom stereocenters. The summed E-state index contributed by atoms with van der Waals surface area (Å²) in [6.07, 6.45) is 3.33. The first-order valence-electron chi connectivity index (χ1n) is 6.94. The van der Waals surface area contributed by atoms with Crippen LogP contribution in [0.25, 0.3) is 6.08 Å². The summed E-state index contributed by atoms with van der Waals surface area (Å²) >= 11 is 0. The molecule has 0 aliphatic rings. The second kappa shape index (κ2) is 8.81. The Morgan fingerprint density at radius 3 is 2.73 bits per heavy atom. The Bertz CT molecular complexity index is 557. The molecule has 0 aliphatic carbocycles. The van der Waals surface area contributed by atoms with Crippen molar-refractivity contribution in [2.24, 2.45) is 0 Å². The van der Waals surface area contributed by atoms with Gasteiger partial charge in [0.2, 0.25) is 0 Å². The maximum atomic E-state index is 13.5. The first-order chi connectivity index (χ1) is 10.5. The molecule has 1 aromatic rings. The van der Waals surface area contributed by atoms with Crippen LogP contribution in [0.2, 0.25) is 0 Å². The molecule has 0 heterocycles. The number of carbonyl (C=O) groups is 2. The lowest BCUT2D eigenvalue weighted by molar-refractivity contribution is -0.144. The van der Waals surface area contributed by atoms with Crippen LogP contribution in [0.4, 0.5) is 4.39 Å². The highest BCUT2D eigenvalue weighted by Gasteiger charge is 2.08. The lowest BCUT2D eigenvalue weighted by Crippen LogP contribution is -2.35. The summed E-state index contributed by atoms with van der Waals surface area (Å²) in [5.74, 6) is -1.42. The zero-order valence-electron chi connectivity index (χ0n) is 12.9. The lowest BCUT2D eigenvalue weighted by Gasteiger charge is -2.10. The lowest BCUT2D eigenvalue weighted by atomic mass is 10.2. The van der Waals surface area contributed by atoms with Gasteiger partial charge in [0.15, 0.2) is 18.2 Å². The monoisotopic (exact) mass is 309 g/mol. The van der Waals surface area contributed by atoms with Crippen molar-refractivity contribution < 1.29 is 23.5 Å². The van der Waals surface area contributed by atoms with Gasteiger partial charge in [-0.2, -0.15) is 0 Å². The van der Waals surface area contributed by atoms with E-state index in [-0.39, 0.29) is 24.3 Å². The van der Waals surface area contributed by atoms with Crippen LogP contribution < -0.4 is 10.1 Å². The summed E-state index contributed by atoms with van der Waals surface area (Å²) in [4.78, 5) is 22.9. The Morgan fingerprint density at radius 2 is 2.14 bits per heavy atom. The molecule has 0 saturated carbocycles. The Balaban J connectivity index is 2.47. The molecule has 1 N–H and O–H groups in total. The average molecular weight is 309 g/mol. The SMILES string of the molecule is CC[C@@H](C)NC(=O)COC(=O)/C=C/c1ccc(OC)c(F)c1. The van der Waals surface area contributed by atoms with Gasteiger partial charge >= 0.3 is 5.97 Å². The van der Waals surface area contributed by atoms with Crippen LogP contribution in [0.15, 0.2) is 24.3 Å². The van der Waals surface area contributed by atoms with Gasteiger partial charge in [-0.3, -0.25) is 4.79 Å². The largest absolute Gasteiger partial charge is 0.494 e. The minimum absolute atomic E-state index is 0.0315. The highest BCUT2D eigenvalue weighted by atomic mass is 19.1. The van der Waals surface area contributed by atoms with Crippen LogP contribution in [0, 0.1) is 5.82 Å². The van der Waals surface area contributed by atoms with Crippen LogP contribution in [0.5, 0.6) is 5.75 Å². The van der Waals surface area contributed by atoms with Gasteiger partial charge in [0.1, 0.15) is 0 Å². The number of ether oxygens (including phenoxy) is 2. The number of rotatable bonds is 7. The van der Waals surface area contributed by atoms with Gasteiger partial charge in [0.25, 0.3) is 5.91 Å². The highest BCUT2D eigenvalue weighted by molar-refractivity contribution is 5.89. The fraction of sp³-hybridized carbons (Fsp3) is 0.375. The molecule has 0 aromatic heterocycles. The van der Waals surface area contributed by atoms with E-state index >= 15 is 0 Å². The van der Waals surface area contributed by atoms with E-state index in [1.165, 1.54) is 25.3 Å². The molecule has 22 heavy (non-hydrogen) atoms. The fourth-order valence-electron chi connectivity index (χ4n) is 1.55. The summed E-state index contributed by atoms with van der Waals surface area (Å²) in [6.45, 7) is 3.45. The summed E-state index contributed by atoms with van der Waals surface area (Å²) in [7, 11) is 1.37. The minimum atomic E-state index is -0.671. The van der Waals surface area contributed by atoms with Crippen molar-refractivity contribution in [2.45, 2.75) is 26.3 Å². The summed E-state index contributed by atoms with van der Waals surface area (Å²) in [5, 5.41) is 2.68. The maximum Gasteiger partial charge on any atom is 0.331 e. The predicted molar refractivity (Wildman–Crippen MR) is 80.8 cm³/mol. The second-order valence-electron chi connectivity index (χ2n) is 4.71. The third-order valence-corrected chi connectivity index (χ3v) is 2.95. The third kappa shape index (κ3) is 5.95. The number of hydrogen-bond donors (Lipinski definition) is 1. The number of halogens is 1. The first kappa shape index (κ1) is 17.7. The van der Waals surface area contributed by atoms with Crippen molar-refractivity contribution in [2.75, 3.05) is 13.7 Å². The third-order valence-electron chi connectivity index (χ3n) is 2.95. The normalized spacial score (nSPS) is 12.0. The summed E-state index contributed by atoms with van der Waals surface area (Å²) in [6, 6.07) is 4.32. The van der Waals surface area contributed by atoms with Gasteiger partial charge in [-0.1, -0.05) is 13.0 Å². The van der Waals surface area contributed by atoms with Gasteiger partial charge in [0, 0.05) is 12.1 Å². The summed E-state index contributed by atoms with van der Waals surface area (Å²) in [5.41, 5.74) is 0.485. The van der Waals surface area contributed by atoms with Crippen molar-refractivity contribution in [3.05, 3.63) is 35.7 Å². The molecule has 1 aromatic carbocycles. The molecule has 0 radical (unpaired) electrons. The van der Waals surface area contributed by atoms with Crippen molar-refractivity contribution in [1.29, 1.82) is 0 Å². The molecule has 0 fully saturated rings. The predicted octanol–water partition coefficient (Wildman–Crippen LogP) is 2.31. The molecule has 0 unspecified atom stereocenters. The standard InChI is InChI=1S/C16H20FNO4/c1-4-11(2)18-15(19)10-22-16(20)8-6-12-5-7-14(21-3)13(17)9-12/h5-9,11H,4,10H2,1-3H3,(H,18,19)/b8-6+/t11-/m1/s1. The Kier molecular flexibility index (Phi) is 7.08. The van der Waals surface area contributed by atoms with Crippen LogP contribution in [-0.4, -0.2) is 31.6 Å². The van der Waals surface area contributed by atoms with Crippen LogP contribution >= 0.6 is 0 Å². The number of nitrogens with one attached hydrogen (secondary N) is 1. The number of methoxy groups -OCH3 is 1. The zero-order valence-corrected chi connectivity index (χ0v) is 12.9. The maximum absolute atomic E-state index is 13.5. The molecular weight excluding hydrogens is 289 g/mol. The van der Waals surface area contributed by atoms with Gasteiger partial charge in [-0.05, 0) is 37.1 Å². The molecule has 1 amide bonds. The zero-order chi connectivity index (χ0) is 16.5. The van der Waals surface area contributed by atoms with E-state index in [2.05, 4.69) is 5.32 Å². The van der Waals surface area contributed by atoms with Crippen LogP contribution in [-0.2, 0) is 14.3 Å². The number of amides is 1. The molecule has 0 saturated heterocycles. The van der Waals surface area contributed by atoms with Crippen molar-refractivity contribution in [3.63, 3.8) is 0 Å². The van der Waals surface area contributed by atoms with Gasteiger partial charge in [-0.15, -0.1) is 0 Å². The van der Waals surface area contributed by atoms with E-state index < -0.39 is 11.8 Å². The topological polar surface area (TPSA) is 64.6 Å². The van der Waals surface area contributed by atoms with Crippen molar-refractivity contribution in [3.8, 4) is 5.75 Å². The van der Waals surface area contributed by atoms with Crippen LogP contribution in [0.3, 0.4) is 0 Å². The van der Waals surface area contributed by atoms with Gasteiger partial charge in [0.05, 0.1) is 7.11 Å². The molecular formula is C16H20FNO4. The number of carbonyl (C=O) groups excluding carboxylic acids is 2. The molecule has 5 nitrogen and oxygen atoms in total. The average Bonchev–Trinajstić information content (AvgIpc) is 2.50. The van der Waals surface area contributed by atoms with Gasteiger partial charge in [-0.25, -0.2) is 9.18 Å². The van der Waals surface area contributed by atoms with E-state index in [9.17, 15) is 14.0 Å². The van der Waals surface area contributed by atoms with E-state index in [1.807, 2.05) is 13.8 Å². The smallest absolute Gasteiger partial charge is 0.331 e. The van der Waals surface area contributed by atoms with Crippen LogP contribution in [0.1, 0.15) is 25.8 Å². The molecule has 1 rings (SSSR count). The van der Waals surface area contributed by atoms with E-state index in [4.69, 9.17) is 9.47 Å².